The van der Waals surface area contributed by atoms with E-state index < -0.39 is 61.3 Å². The summed E-state index contributed by atoms with van der Waals surface area (Å²) in [6.45, 7) is 0. The van der Waals surface area contributed by atoms with Crippen LogP contribution in [0.3, 0.4) is 0 Å². The minimum atomic E-state index is -1.27. The molecule has 5 rings (SSSR count). The fourth-order valence-electron chi connectivity index (χ4n) is 5.48. The Bertz CT molecular complexity index is 1750. The summed E-state index contributed by atoms with van der Waals surface area (Å²) < 4.78 is 0. The van der Waals surface area contributed by atoms with Crippen molar-refractivity contribution in [2.75, 3.05) is 0 Å². The monoisotopic (exact) mass is 1300 g/mol. The van der Waals surface area contributed by atoms with Gasteiger partial charge in [-0.1, -0.05) is 60.7 Å². The summed E-state index contributed by atoms with van der Waals surface area (Å²) in [5, 5.41) is 132. The molecule has 10 atom stereocenters. The minimum Gasteiger partial charge on any atom is -0.511 e. The first-order chi connectivity index (χ1) is 33.2. The quantitative estimate of drug-likeness (QED) is 0.0389. The van der Waals surface area contributed by atoms with Crippen LogP contribution in [0.25, 0.3) is 27.4 Å². The van der Waals surface area contributed by atoms with Crippen molar-refractivity contribution in [3.63, 3.8) is 0 Å². The topological polar surface area (TPSA) is 504 Å². The Balaban J connectivity index is -0.000000268. The summed E-state index contributed by atoms with van der Waals surface area (Å²) in [6.07, 6.45) is -4.47. The van der Waals surface area contributed by atoms with Gasteiger partial charge in [0, 0.05) is 30.2 Å². The average Bonchev–Trinajstić information content (AvgIpc) is 3.36. The van der Waals surface area contributed by atoms with Crippen molar-refractivity contribution in [3.05, 3.63) is 177 Å². The van der Waals surface area contributed by atoms with Gasteiger partial charge in [-0.15, -0.1) is 0 Å². The van der Waals surface area contributed by atoms with E-state index in [-0.39, 0.29) is 114 Å². The molecule has 0 amide bonds. The van der Waals surface area contributed by atoms with E-state index in [0.29, 0.717) is 32.1 Å². The van der Waals surface area contributed by atoms with Crippen molar-refractivity contribution in [2.45, 2.75) is 93.5 Å². The van der Waals surface area contributed by atoms with E-state index in [1.54, 1.807) is 60.7 Å². The molecule has 30 heteroatoms. The van der Waals surface area contributed by atoms with E-state index in [9.17, 15) is 0 Å². The number of nitrogens with zero attached hydrogens (tertiary/aromatic N) is 5. The second-order valence-corrected chi connectivity index (χ2v) is 15.3. The fraction of sp³-hybridized carbons (Fsp3) is 0.333. The normalized spacial score (nSPS) is 14.1. The van der Waals surface area contributed by atoms with Gasteiger partial charge in [-0.2, -0.15) is 0 Å². The maximum atomic E-state index is 9.05. The largest absolute Gasteiger partial charge is 1.00 e. The molecule has 0 spiro atoms. The molecule has 0 aliphatic heterocycles. The van der Waals surface area contributed by atoms with Crippen LogP contribution in [0.2, 0.25) is 0 Å². The van der Waals surface area contributed by atoms with Gasteiger partial charge in [0.2, 0.25) is 0 Å². The summed E-state index contributed by atoms with van der Waals surface area (Å²) in [7, 11) is 0. The number of hydroxylamine groups is 5. The minimum absolute atomic E-state index is 0. The van der Waals surface area contributed by atoms with Crippen molar-refractivity contribution in [3.8, 4) is 28.7 Å². The van der Waals surface area contributed by atoms with Gasteiger partial charge in [-0.3, -0.25) is 0 Å². The first-order valence-corrected chi connectivity index (χ1v) is 20.9. The second kappa shape index (κ2) is 45.9. The van der Waals surface area contributed by atoms with Crippen LogP contribution in [0, 0.1) is 0 Å². The maximum Gasteiger partial charge on any atom is 1.00 e. The molecule has 5 aromatic carbocycles. The van der Waals surface area contributed by atoms with Gasteiger partial charge in [-0.05, 0) is 152 Å². The van der Waals surface area contributed by atoms with Crippen LogP contribution in [0.1, 0.15) is 27.8 Å². The van der Waals surface area contributed by atoms with E-state index in [2.05, 4.69) is 27.4 Å². The molecule has 0 heterocycles. The van der Waals surface area contributed by atoms with E-state index >= 15 is 0 Å². The predicted octanol–water partition coefficient (Wildman–Crippen LogP) is 1.70. The van der Waals surface area contributed by atoms with Crippen LogP contribution in [0.4, 0.5) is 0 Å². The standard InChI is InChI=1S/5C9H13N2O3.5Cu/c5*10-8(9(13)11-14)5-6-1-3-7(12)4-2-6;;;;;/h5*1-4,8-9,12-14H,5,10H2;;;;;/q5*-1;5*+1/t5*8-,9?;;;;;/m00000...../s1. The summed E-state index contributed by atoms with van der Waals surface area (Å²) >= 11 is 0. The molecule has 0 saturated carbocycles. The van der Waals surface area contributed by atoms with E-state index in [1.807, 2.05) is 0 Å². The molecule has 25 N–H and O–H groups in total. The van der Waals surface area contributed by atoms with Gasteiger partial charge in [0.1, 0.15) is 28.7 Å². The number of benzene rings is 5. The third-order valence-corrected chi connectivity index (χ3v) is 9.55. The van der Waals surface area contributed by atoms with Gasteiger partial charge in [0.15, 0.2) is 0 Å². The zero-order valence-corrected chi connectivity index (χ0v) is 43.9. The van der Waals surface area contributed by atoms with Crippen molar-refractivity contribution < 1.29 is 162 Å². The second-order valence-electron chi connectivity index (χ2n) is 15.3. The Labute approximate surface area is 486 Å². The molecule has 0 fully saturated rings. The first kappa shape index (κ1) is 80.8. The molecule has 5 aromatic rings. The summed E-state index contributed by atoms with van der Waals surface area (Å²) in [6, 6.07) is 29.0. The predicted molar refractivity (Wildman–Crippen MR) is 255 cm³/mol. The van der Waals surface area contributed by atoms with Crippen LogP contribution in [0.15, 0.2) is 121 Å². The number of phenolic OH excluding ortho intramolecular Hbond substituents is 5. The number of aliphatic hydroxyl groups is 5. The third-order valence-electron chi connectivity index (χ3n) is 9.55. The van der Waals surface area contributed by atoms with Crippen LogP contribution < -0.4 is 28.7 Å². The molecule has 5 unspecified atom stereocenters. The molecule has 0 radical (unpaired) electrons. The Morgan fingerprint density at radius 2 is 0.360 bits per heavy atom. The van der Waals surface area contributed by atoms with Crippen molar-refractivity contribution in [1.29, 1.82) is 0 Å². The van der Waals surface area contributed by atoms with Crippen molar-refractivity contribution >= 4 is 0 Å². The Kier molecular flexibility index (Phi) is 49.4. The fourth-order valence-corrected chi connectivity index (χ4v) is 5.48. The number of aliphatic hydroxyl groups excluding tert-OH is 5. The Morgan fingerprint density at radius 1 is 0.253 bits per heavy atom. The smallest absolute Gasteiger partial charge is 0.511 e. The van der Waals surface area contributed by atoms with Gasteiger partial charge in [0.05, 0.1) is 0 Å². The number of rotatable bonds is 20. The van der Waals surface area contributed by atoms with Crippen LogP contribution in [-0.2, 0) is 117 Å². The summed E-state index contributed by atoms with van der Waals surface area (Å²) in [4.78, 5) is 0. The number of aromatic hydroxyl groups is 5. The number of phenols is 5. The van der Waals surface area contributed by atoms with Crippen molar-refractivity contribution in [2.24, 2.45) is 28.7 Å². The molecular weight excluding hydrogens is 1240 g/mol. The number of nitrogens with two attached hydrogens (primary N) is 5. The molecule has 0 bridgehead atoms. The zero-order valence-electron chi connectivity index (χ0n) is 39.2. The Hall–Kier alpha value is -3.10. The van der Waals surface area contributed by atoms with Crippen molar-refractivity contribution in [1.82, 2.24) is 0 Å². The Morgan fingerprint density at radius 3 is 0.453 bits per heavy atom. The molecule has 0 saturated heterocycles. The molecule has 440 valence electrons. The molecule has 0 aliphatic rings. The van der Waals surface area contributed by atoms with E-state index in [4.69, 9.17) is 106 Å². The molecule has 0 aliphatic carbocycles. The SMILES string of the molecule is N[C@@H](Cc1ccc(O)cc1)C(O)[N-]O.N[C@@H](Cc1ccc(O)cc1)C(O)[N-]O.N[C@@H](Cc1ccc(O)cc1)C(O)[N-]O.N[C@@H](Cc1ccc(O)cc1)C(O)[N-]O.N[C@@H](Cc1ccc(O)cc1)C(O)[N-]O.[Cu+].[Cu+].[Cu+].[Cu+].[Cu+]. The molecular formula is C45H65Cu5N10O15. The van der Waals surface area contributed by atoms with Gasteiger partial charge in [-0.25, -0.2) is 0 Å². The maximum absolute atomic E-state index is 9.05. The summed E-state index contributed by atoms with van der Waals surface area (Å²) in [5.74, 6) is 0.878. The van der Waals surface area contributed by atoms with Gasteiger partial charge in [0.25, 0.3) is 0 Å². The van der Waals surface area contributed by atoms with E-state index in [1.165, 1.54) is 60.7 Å². The van der Waals surface area contributed by atoms with E-state index in [0.717, 1.165) is 27.8 Å². The molecule has 0 aromatic heterocycles. The van der Waals surface area contributed by atoms with Crippen LogP contribution in [-0.4, -0.2) is 138 Å². The molecule has 25 nitrogen and oxygen atoms in total. The zero-order chi connectivity index (χ0) is 52.8. The average molecular weight is 1300 g/mol. The third kappa shape index (κ3) is 35.8. The molecule has 75 heavy (non-hydrogen) atoms. The first-order valence-electron chi connectivity index (χ1n) is 20.9. The van der Waals surface area contributed by atoms with Gasteiger partial charge < -0.3 is 133 Å². The van der Waals surface area contributed by atoms with Crippen LogP contribution in [0.5, 0.6) is 28.7 Å². The van der Waals surface area contributed by atoms with Gasteiger partial charge >= 0.3 is 85.3 Å². The van der Waals surface area contributed by atoms with Crippen LogP contribution >= 0.6 is 0 Å². The number of hydrogen-bond acceptors (Lipinski definition) is 20. The summed E-state index contributed by atoms with van der Waals surface area (Å²) in [5.41, 5.74) is 45.4. The number of hydrogen-bond donors (Lipinski definition) is 20.